The van der Waals surface area contributed by atoms with Crippen molar-refractivity contribution in [1.82, 2.24) is 0 Å². The van der Waals surface area contributed by atoms with Crippen molar-refractivity contribution in [3.8, 4) is 0 Å². The molecule has 76 valence electrons. The summed E-state index contributed by atoms with van der Waals surface area (Å²) in [7, 11) is 0. The molecule has 4 N–H and O–H groups in total. The third kappa shape index (κ3) is 3.54. The van der Waals surface area contributed by atoms with Crippen LogP contribution in [0.4, 0.5) is 0 Å². The first-order valence-corrected chi connectivity index (χ1v) is 5.41. The second-order valence-electron chi connectivity index (χ2n) is 3.38. The Hall–Kier alpha value is -0.260. The summed E-state index contributed by atoms with van der Waals surface area (Å²) in [5, 5.41) is 18.1. The second kappa shape index (κ2) is 4.83. The van der Waals surface area contributed by atoms with Crippen molar-refractivity contribution in [2.75, 3.05) is 5.75 Å². The van der Waals surface area contributed by atoms with Crippen molar-refractivity contribution in [2.24, 2.45) is 5.73 Å². The fraction of sp³-hybridized carbons (Fsp3) is 0.875. The molecule has 0 aromatic heterocycles. The minimum atomic E-state index is -0.827. The van der Waals surface area contributed by atoms with Crippen LogP contribution in [0.2, 0.25) is 0 Å². The topological polar surface area (TPSA) is 83.6 Å². The van der Waals surface area contributed by atoms with E-state index in [-0.39, 0.29) is 17.0 Å². The Morgan fingerprint density at radius 2 is 2.23 bits per heavy atom. The number of rotatable bonds is 3. The largest absolute Gasteiger partial charge is 0.481 e. The number of thioether (sulfide) groups is 1. The normalized spacial score (nSPS) is 34.5. The first-order chi connectivity index (χ1) is 6.09. The van der Waals surface area contributed by atoms with Crippen molar-refractivity contribution in [1.29, 1.82) is 0 Å². The molecule has 0 unspecified atom stereocenters. The summed E-state index contributed by atoms with van der Waals surface area (Å²) in [6.07, 6.45) is 1.86. The number of nitrogens with two attached hydrogens (primary N) is 1. The van der Waals surface area contributed by atoms with Crippen LogP contribution in [0.25, 0.3) is 0 Å². The van der Waals surface area contributed by atoms with Gasteiger partial charge in [0.2, 0.25) is 0 Å². The van der Waals surface area contributed by atoms with E-state index in [1.807, 2.05) is 0 Å². The van der Waals surface area contributed by atoms with Crippen LogP contribution in [-0.4, -0.2) is 39.3 Å². The van der Waals surface area contributed by atoms with Gasteiger partial charge in [0, 0.05) is 11.3 Å². The van der Waals surface area contributed by atoms with Crippen LogP contribution in [0.5, 0.6) is 0 Å². The SMILES string of the molecule is N[C@@H]1CC[C@H](SCC(=O)O)[C@H](O)C1. The minimum absolute atomic E-state index is 0.0518. The van der Waals surface area contributed by atoms with Gasteiger partial charge in [0.15, 0.2) is 0 Å². The van der Waals surface area contributed by atoms with Gasteiger partial charge in [0.1, 0.15) is 0 Å². The van der Waals surface area contributed by atoms with Gasteiger partial charge in [0.25, 0.3) is 0 Å². The average Bonchev–Trinajstić information content (AvgIpc) is 2.02. The summed E-state index contributed by atoms with van der Waals surface area (Å²) in [5.74, 6) is -0.760. The number of carboxylic acid groups (broad SMARTS) is 1. The van der Waals surface area contributed by atoms with Crippen LogP contribution < -0.4 is 5.73 Å². The van der Waals surface area contributed by atoms with Crippen LogP contribution >= 0.6 is 11.8 Å². The Balaban J connectivity index is 2.29. The summed E-state index contributed by atoms with van der Waals surface area (Å²) in [5.41, 5.74) is 5.66. The molecular weight excluding hydrogens is 190 g/mol. The van der Waals surface area contributed by atoms with Gasteiger partial charge in [-0.3, -0.25) is 4.79 Å². The maximum atomic E-state index is 10.3. The lowest BCUT2D eigenvalue weighted by atomic mass is 9.93. The van der Waals surface area contributed by atoms with E-state index in [2.05, 4.69) is 0 Å². The van der Waals surface area contributed by atoms with Crippen LogP contribution in [0, 0.1) is 0 Å². The van der Waals surface area contributed by atoms with Crippen LogP contribution in [-0.2, 0) is 4.79 Å². The maximum Gasteiger partial charge on any atom is 0.313 e. The predicted molar refractivity (Wildman–Crippen MR) is 51.7 cm³/mol. The molecule has 0 amide bonds. The third-order valence-electron chi connectivity index (χ3n) is 2.22. The molecule has 0 heterocycles. The van der Waals surface area contributed by atoms with Gasteiger partial charge < -0.3 is 15.9 Å². The zero-order valence-corrected chi connectivity index (χ0v) is 8.17. The van der Waals surface area contributed by atoms with Crippen molar-refractivity contribution in [3.05, 3.63) is 0 Å². The van der Waals surface area contributed by atoms with E-state index >= 15 is 0 Å². The lowest BCUT2D eigenvalue weighted by molar-refractivity contribution is -0.133. The molecule has 0 spiro atoms. The second-order valence-corrected chi connectivity index (χ2v) is 4.61. The zero-order chi connectivity index (χ0) is 9.84. The molecule has 4 nitrogen and oxygen atoms in total. The highest BCUT2D eigenvalue weighted by molar-refractivity contribution is 8.00. The molecule has 0 aliphatic heterocycles. The van der Waals surface area contributed by atoms with Crippen molar-refractivity contribution in [2.45, 2.75) is 36.7 Å². The van der Waals surface area contributed by atoms with Crippen LogP contribution in [0.3, 0.4) is 0 Å². The lowest BCUT2D eigenvalue weighted by Crippen LogP contribution is -2.38. The van der Waals surface area contributed by atoms with Gasteiger partial charge in [-0.05, 0) is 19.3 Å². The summed E-state index contributed by atoms with van der Waals surface area (Å²) >= 11 is 1.31. The van der Waals surface area contributed by atoms with E-state index in [0.29, 0.717) is 6.42 Å². The molecule has 0 saturated heterocycles. The summed E-state index contributed by atoms with van der Waals surface area (Å²) in [4.78, 5) is 10.3. The molecule has 0 aromatic rings. The fourth-order valence-electron chi connectivity index (χ4n) is 1.52. The number of aliphatic hydroxyl groups excluding tert-OH is 1. The lowest BCUT2D eigenvalue weighted by Gasteiger charge is -2.30. The molecule has 13 heavy (non-hydrogen) atoms. The molecule has 1 rings (SSSR count). The molecule has 0 radical (unpaired) electrons. The number of carboxylic acids is 1. The molecule has 3 atom stereocenters. The Labute approximate surface area is 81.5 Å². The number of hydrogen-bond acceptors (Lipinski definition) is 4. The summed E-state index contributed by atoms with van der Waals surface area (Å²) in [6.45, 7) is 0. The first kappa shape index (κ1) is 10.8. The first-order valence-electron chi connectivity index (χ1n) is 4.36. The van der Waals surface area contributed by atoms with Gasteiger partial charge in [-0.2, -0.15) is 0 Å². The molecule has 1 aliphatic rings. The monoisotopic (exact) mass is 205 g/mol. The third-order valence-corrected chi connectivity index (χ3v) is 3.61. The maximum absolute atomic E-state index is 10.3. The quantitative estimate of drug-likeness (QED) is 0.606. The number of hydrogen-bond donors (Lipinski definition) is 3. The molecule has 1 saturated carbocycles. The molecule has 0 bridgehead atoms. The van der Waals surface area contributed by atoms with Gasteiger partial charge in [-0.15, -0.1) is 11.8 Å². The smallest absolute Gasteiger partial charge is 0.313 e. The van der Waals surface area contributed by atoms with E-state index in [1.54, 1.807) is 0 Å². The Morgan fingerprint density at radius 1 is 1.54 bits per heavy atom. The van der Waals surface area contributed by atoms with E-state index in [4.69, 9.17) is 10.8 Å². The number of aliphatic hydroxyl groups is 1. The number of aliphatic carboxylic acids is 1. The van der Waals surface area contributed by atoms with E-state index < -0.39 is 12.1 Å². The number of carbonyl (C=O) groups is 1. The molecular formula is C8H15NO3S. The minimum Gasteiger partial charge on any atom is -0.481 e. The summed E-state index contributed by atoms with van der Waals surface area (Å²) in [6, 6.07) is 0.0803. The molecule has 1 fully saturated rings. The van der Waals surface area contributed by atoms with Crippen LogP contribution in [0.15, 0.2) is 0 Å². The van der Waals surface area contributed by atoms with Gasteiger partial charge in [-0.25, -0.2) is 0 Å². The highest BCUT2D eigenvalue weighted by Crippen LogP contribution is 2.28. The highest BCUT2D eigenvalue weighted by atomic mass is 32.2. The van der Waals surface area contributed by atoms with Gasteiger partial charge >= 0.3 is 5.97 Å². The van der Waals surface area contributed by atoms with E-state index in [0.717, 1.165) is 12.8 Å². The predicted octanol–water partition coefficient (Wildman–Crippen LogP) is 0.0449. The fourth-order valence-corrected chi connectivity index (χ4v) is 2.52. The van der Waals surface area contributed by atoms with Crippen molar-refractivity contribution in [3.63, 3.8) is 0 Å². The molecule has 1 aliphatic carbocycles. The van der Waals surface area contributed by atoms with Crippen LogP contribution in [0.1, 0.15) is 19.3 Å². The van der Waals surface area contributed by atoms with Crippen molar-refractivity contribution < 1.29 is 15.0 Å². The Kier molecular flexibility index (Phi) is 4.02. The Morgan fingerprint density at radius 3 is 2.77 bits per heavy atom. The zero-order valence-electron chi connectivity index (χ0n) is 7.35. The summed E-state index contributed by atoms with van der Waals surface area (Å²) < 4.78 is 0. The van der Waals surface area contributed by atoms with Crippen molar-refractivity contribution >= 4 is 17.7 Å². The van der Waals surface area contributed by atoms with Gasteiger partial charge in [0.05, 0.1) is 11.9 Å². The highest BCUT2D eigenvalue weighted by Gasteiger charge is 2.27. The Bertz CT molecular complexity index is 188. The standard InChI is InChI=1S/C8H15NO3S/c9-5-1-2-7(6(10)3-5)13-4-8(11)12/h5-7,10H,1-4,9H2,(H,11,12)/t5-,6-,7+/m1/s1. The molecule has 0 aromatic carbocycles. The van der Waals surface area contributed by atoms with E-state index in [9.17, 15) is 9.90 Å². The molecule has 5 heteroatoms. The van der Waals surface area contributed by atoms with Gasteiger partial charge in [-0.1, -0.05) is 0 Å². The average molecular weight is 205 g/mol. The van der Waals surface area contributed by atoms with E-state index in [1.165, 1.54) is 11.8 Å².